The van der Waals surface area contributed by atoms with Crippen molar-refractivity contribution in [3.63, 3.8) is 0 Å². The van der Waals surface area contributed by atoms with E-state index in [1.54, 1.807) is 0 Å². The van der Waals surface area contributed by atoms with E-state index in [2.05, 4.69) is 48.5 Å². The van der Waals surface area contributed by atoms with E-state index >= 15 is 0 Å². The van der Waals surface area contributed by atoms with E-state index in [-0.39, 0.29) is 0 Å². The first-order chi connectivity index (χ1) is 6.89. The average Bonchev–Trinajstić information content (AvgIpc) is 2.10. The van der Waals surface area contributed by atoms with Gasteiger partial charge in [-0.25, -0.2) is 0 Å². The van der Waals surface area contributed by atoms with E-state index in [1.165, 1.54) is 12.8 Å². The molecule has 15 heavy (non-hydrogen) atoms. The van der Waals surface area contributed by atoms with Gasteiger partial charge in [-0.15, -0.1) is 0 Å². The molecule has 0 radical (unpaired) electrons. The van der Waals surface area contributed by atoms with Crippen molar-refractivity contribution in [3.8, 4) is 0 Å². The third-order valence-corrected chi connectivity index (χ3v) is 9.68. The first-order valence-electron chi connectivity index (χ1n) is 6.53. The molecule has 0 saturated heterocycles. The quantitative estimate of drug-likeness (QED) is 0.443. The van der Waals surface area contributed by atoms with Gasteiger partial charge < -0.3 is 4.43 Å². The molecule has 92 valence electrons. The second-order valence-corrected chi connectivity index (χ2v) is 11.0. The lowest BCUT2D eigenvalue weighted by molar-refractivity contribution is 0.271. The van der Waals surface area contributed by atoms with Gasteiger partial charge >= 0.3 is 0 Å². The summed E-state index contributed by atoms with van der Waals surface area (Å²) in [5.74, 6) is 0. The highest BCUT2D eigenvalue weighted by Gasteiger charge is 2.44. The molecular formula is C13H30OSi. The summed E-state index contributed by atoms with van der Waals surface area (Å²) < 4.78 is 6.39. The first-order valence-corrected chi connectivity index (χ1v) is 8.67. The lowest BCUT2D eigenvalue weighted by Gasteiger charge is -2.42. The topological polar surface area (TPSA) is 9.23 Å². The summed E-state index contributed by atoms with van der Waals surface area (Å²) in [6.45, 7) is 17.3. The van der Waals surface area contributed by atoms with Crippen molar-refractivity contribution in [1.82, 2.24) is 0 Å². The van der Waals surface area contributed by atoms with Crippen LogP contribution in [0.2, 0.25) is 16.6 Å². The lowest BCUT2D eigenvalue weighted by atomic mass is 10.4. The zero-order chi connectivity index (χ0) is 12.1. The fraction of sp³-hybridized carbons (Fsp3) is 1.00. The smallest absolute Gasteiger partial charge is 0.200 e. The molecule has 0 saturated carbocycles. The number of hydrogen-bond donors (Lipinski definition) is 0. The van der Waals surface area contributed by atoms with Gasteiger partial charge in [0.15, 0.2) is 8.32 Å². The van der Waals surface area contributed by atoms with Crippen LogP contribution < -0.4 is 0 Å². The van der Waals surface area contributed by atoms with Crippen molar-refractivity contribution in [2.24, 2.45) is 0 Å². The molecule has 2 heteroatoms. The van der Waals surface area contributed by atoms with Crippen LogP contribution in [-0.4, -0.2) is 14.9 Å². The molecule has 0 aromatic carbocycles. The van der Waals surface area contributed by atoms with Gasteiger partial charge in [0.05, 0.1) is 0 Å². The Hall–Kier alpha value is 0.177. The maximum atomic E-state index is 6.39. The molecule has 0 spiro atoms. The van der Waals surface area contributed by atoms with Crippen LogP contribution in [0.4, 0.5) is 0 Å². The Morgan fingerprint density at radius 1 is 0.867 bits per heavy atom. The maximum Gasteiger partial charge on any atom is 0.200 e. The second kappa shape index (κ2) is 6.69. The van der Waals surface area contributed by atoms with Gasteiger partial charge in [-0.2, -0.15) is 0 Å². The molecule has 0 unspecified atom stereocenters. The van der Waals surface area contributed by atoms with Gasteiger partial charge in [-0.05, 0) is 23.0 Å². The maximum absolute atomic E-state index is 6.39. The molecule has 0 heterocycles. The number of unbranched alkanes of at least 4 members (excludes halogenated alkanes) is 1. The standard InChI is InChI=1S/C13H30OSi/c1-8-9-10-14-15(11(2)3,12(4)5)13(6)7/h11-13H,8-10H2,1-7H3. The predicted octanol–water partition coefficient (Wildman–Crippen LogP) is 4.98. The largest absolute Gasteiger partial charge is 0.416 e. The van der Waals surface area contributed by atoms with Gasteiger partial charge in [0.25, 0.3) is 0 Å². The van der Waals surface area contributed by atoms with E-state index in [0.717, 1.165) is 6.61 Å². The van der Waals surface area contributed by atoms with Gasteiger partial charge in [0.2, 0.25) is 0 Å². The summed E-state index contributed by atoms with van der Waals surface area (Å²) in [4.78, 5) is 0. The zero-order valence-corrected chi connectivity index (χ0v) is 12.8. The van der Waals surface area contributed by atoms with Gasteiger partial charge in [-0.3, -0.25) is 0 Å². The summed E-state index contributed by atoms with van der Waals surface area (Å²) in [7, 11) is -1.56. The number of hydrogen-bond acceptors (Lipinski definition) is 1. The van der Waals surface area contributed by atoms with Crippen LogP contribution in [-0.2, 0) is 4.43 Å². The SMILES string of the molecule is CCCCO[Si](C(C)C)(C(C)C)C(C)C. The Bertz CT molecular complexity index is 142. The van der Waals surface area contributed by atoms with Crippen LogP contribution in [0.1, 0.15) is 61.3 Å². The molecule has 0 bridgehead atoms. The van der Waals surface area contributed by atoms with E-state index in [4.69, 9.17) is 4.43 Å². The van der Waals surface area contributed by atoms with E-state index in [9.17, 15) is 0 Å². The second-order valence-electron chi connectivity index (χ2n) is 5.52. The monoisotopic (exact) mass is 230 g/mol. The van der Waals surface area contributed by atoms with E-state index in [0.29, 0.717) is 16.6 Å². The first kappa shape index (κ1) is 15.2. The van der Waals surface area contributed by atoms with E-state index in [1.807, 2.05) is 0 Å². The predicted molar refractivity (Wildman–Crippen MR) is 71.9 cm³/mol. The van der Waals surface area contributed by atoms with Crippen LogP contribution in [0.15, 0.2) is 0 Å². The summed E-state index contributed by atoms with van der Waals surface area (Å²) in [5.41, 5.74) is 2.15. The fourth-order valence-corrected chi connectivity index (χ4v) is 8.39. The minimum Gasteiger partial charge on any atom is -0.416 e. The van der Waals surface area contributed by atoms with Crippen LogP contribution >= 0.6 is 0 Å². The Morgan fingerprint density at radius 2 is 1.27 bits per heavy atom. The average molecular weight is 230 g/mol. The Kier molecular flexibility index (Phi) is 6.77. The van der Waals surface area contributed by atoms with Crippen molar-refractivity contribution in [3.05, 3.63) is 0 Å². The fourth-order valence-electron chi connectivity index (χ4n) is 2.89. The van der Waals surface area contributed by atoms with Crippen molar-refractivity contribution < 1.29 is 4.43 Å². The van der Waals surface area contributed by atoms with E-state index < -0.39 is 8.32 Å². The molecule has 0 N–H and O–H groups in total. The Labute approximate surface area is 97.7 Å². The highest BCUT2D eigenvalue weighted by molar-refractivity contribution is 6.77. The lowest BCUT2D eigenvalue weighted by Crippen LogP contribution is -2.47. The Morgan fingerprint density at radius 3 is 1.53 bits per heavy atom. The molecule has 0 fully saturated rings. The Balaban J connectivity index is 4.65. The molecule has 0 aliphatic carbocycles. The third-order valence-electron chi connectivity index (χ3n) is 3.56. The zero-order valence-electron chi connectivity index (χ0n) is 11.8. The molecule has 0 rings (SSSR count). The minimum atomic E-state index is -1.56. The summed E-state index contributed by atoms with van der Waals surface area (Å²) in [5, 5.41) is 0. The third kappa shape index (κ3) is 3.60. The summed E-state index contributed by atoms with van der Waals surface area (Å²) in [6, 6.07) is 0. The molecule has 1 nitrogen and oxygen atoms in total. The molecule has 0 aromatic rings. The molecule has 0 atom stereocenters. The van der Waals surface area contributed by atoms with Crippen molar-refractivity contribution in [2.45, 2.75) is 77.9 Å². The van der Waals surface area contributed by atoms with Gasteiger partial charge in [0, 0.05) is 6.61 Å². The molecule has 0 aliphatic heterocycles. The van der Waals surface area contributed by atoms with Crippen LogP contribution in [0.3, 0.4) is 0 Å². The molecule has 0 aliphatic rings. The van der Waals surface area contributed by atoms with Crippen LogP contribution in [0, 0.1) is 0 Å². The van der Waals surface area contributed by atoms with Crippen molar-refractivity contribution in [2.75, 3.05) is 6.61 Å². The van der Waals surface area contributed by atoms with Crippen LogP contribution in [0.25, 0.3) is 0 Å². The number of rotatable bonds is 7. The minimum absolute atomic E-state index is 0.717. The molecule has 0 aromatic heterocycles. The molecule has 0 amide bonds. The normalized spacial score (nSPS) is 13.2. The molecular weight excluding hydrogens is 200 g/mol. The summed E-state index contributed by atoms with van der Waals surface area (Å²) in [6.07, 6.45) is 2.44. The van der Waals surface area contributed by atoms with Crippen molar-refractivity contribution in [1.29, 1.82) is 0 Å². The van der Waals surface area contributed by atoms with Gasteiger partial charge in [-0.1, -0.05) is 54.9 Å². The highest BCUT2D eigenvalue weighted by atomic mass is 28.4. The van der Waals surface area contributed by atoms with Crippen LogP contribution in [0.5, 0.6) is 0 Å². The van der Waals surface area contributed by atoms with Crippen molar-refractivity contribution >= 4 is 8.32 Å². The van der Waals surface area contributed by atoms with Gasteiger partial charge in [0.1, 0.15) is 0 Å². The highest BCUT2D eigenvalue weighted by Crippen LogP contribution is 2.42. The summed E-state index contributed by atoms with van der Waals surface area (Å²) >= 11 is 0.